The SMILES string of the molecule is CN=C(N)NC1CSSCC2C(N)CC3CC(CCc4oc(CCc5ccc(O)c(OCC(O)c6cc7c([nH]6)CC6(CCCC6)C6CCCC6C7C(CCCO)NCC(C)O)c5)cc4CO)CCC2C3CCC1C. The lowest BCUT2D eigenvalue weighted by atomic mass is 9.62. The summed E-state index contributed by atoms with van der Waals surface area (Å²) in [6.07, 6.45) is 20.1. The van der Waals surface area contributed by atoms with Crippen molar-refractivity contribution in [3.05, 3.63) is 69.9 Å². The maximum atomic E-state index is 11.8. The average molecular weight is 1060 g/mol. The fourth-order valence-corrected chi connectivity index (χ4v) is 18.6. The summed E-state index contributed by atoms with van der Waals surface area (Å²) in [5.41, 5.74) is 18.5. The summed E-state index contributed by atoms with van der Waals surface area (Å²) in [7, 11) is 5.71. The quantitative estimate of drug-likeness (QED) is 0.0308. The molecule has 1 saturated heterocycles. The van der Waals surface area contributed by atoms with Crippen LogP contribution >= 0.6 is 21.6 Å². The van der Waals surface area contributed by atoms with Crippen LogP contribution < -0.4 is 26.8 Å². The van der Waals surface area contributed by atoms with Gasteiger partial charge < -0.3 is 61.8 Å². The van der Waals surface area contributed by atoms with E-state index in [4.69, 9.17) is 20.6 Å². The number of fused-ring (bicyclic) bond motifs is 3. The topological polar surface area (TPSA) is 228 Å². The number of H-pyrrole nitrogens is 1. The number of nitrogens with zero attached hydrogens (tertiary/aromatic N) is 1. The molecule has 3 aromatic rings. The van der Waals surface area contributed by atoms with Crippen LogP contribution in [0.15, 0.2) is 39.7 Å². The molecule has 15 heteroatoms. The lowest BCUT2D eigenvalue weighted by molar-refractivity contribution is 0.0714. The third-order valence-electron chi connectivity index (χ3n) is 19.6. The smallest absolute Gasteiger partial charge is 0.188 e. The maximum Gasteiger partial charge on any atom is 0.188 e. The van der Waals surface area contributed by atoms with Gasteiger partial charge in [0.1, 0.15) is 24.2 Å². The Morgan fingerprint density at radius 3 is 2.54 bits per heavy atom. The van der Waals surface area contributed by atoms with Crippen LogP contribution in [-0.2, 0) is 32.3 Å². The Labute approximate surface area is 449 Å². The summed E-state index contributed by atoms with van der Waals surface area (Å²) in [5.74, 6) is 9.76. The van der Waals surface area contributed by atoms with Crippen molar-refractivity contribution in [2.75, 3.05) is 38.3 Å². The number of furan rings is 1. The summed E-state index contributed by atoms with van der Waals surface area (Å²) in [6.45, 7) is 4.75. The number of hydrogen-bond donors (Lipinski definition) is 10. The van der Waals surface area contributed by atoms with Crippen molar-refractivity contribution in [3.8, 4) is 11.5 Å². The van der Waals surface area contributed by atoms with Gasteiger partial charge in [-0.25, -0.2) is 0 Å². The average Bonchev–Trinajstić information content (AvgIpc) is 4.21. The zero-order chi connectivity index (χ0) is 51.9. The molecule has 0 radical (unpaired) electrons. The number of nitrogens with two attached hydrogens (primary N) is 2. The van der Waals surface area contributed by atoms with E-state index in [0.717, 1.165) is 72.0 Å². The largest absolute Gasteiger partial charge is 0.504 e. The minimum absolute atomic E-state index is 0.0228. The number of aliphatic hydroxyl groups excluding tert-OH is 4. The zero-order valence-electron chi connectivity index (χ0n) is 44.8. The van der Waals surface area contributed by atoms with Crippen molar-refractivity contribution >= 4 is 27.5 Å². The molecule has 0 amide bonds. The van der Waals surface area contributed by atoms with Crippen LogP contribution in [0.5, 0.6) is 11.5 Å². The van der Waals surface area contributed by atoms with Gasteiger partial charge in [-0.3, -0.25) is 4.99 Å². The van der Waals surface area contributed by atoms with Crippen LogP contribution in [0.3, 0.4) is 0 Å². The molecule has 4 saturated carbocycles. The molecular formula is C59H92N6O7S2. The molecule has 1 aromatic carbocycles. The molecule has 74 heavy (non-hydrogen) atoms. The summed E-state index contributed by atoms with van der Waals surface area (Å²) in [5, 5.41) is 60.8. The number of hydrogen-bond acceptors (Lipinski definition) is 12. The van der Waals surface area contributed by atoms with Gasteiger partial charge in [0.25, 0.3) is 0 Å². The van der Waals surface area contributed by atoms with Crippen molar-refractivity contribution in [2.24, 2.45) is 69.2 Å². The Bertz CT molecular complexity index is 2280. The van der Waals surface area contributed by atoms with Gasteiger partial charge in [-0.05, 0) is 185 Å². The lowest BCUT2D eigenvalue weighted by Crippen LogP contribution is -2.48. The standard InChI is InChI=1S/C59H92N6O7S2/c1-35-11-17-42-39-24-37(13-18-43(42)46(48(60)27-39)33-73-74-34-52(35)65-58(61)62-3)15-20-55-40(31-67)26-41(72-55)16-12-38-14-19-53(69)56(25-38)71-32-54(70)50-28-45-51(64-50)29-59(21-4-5-22-59)47-9-6-8-44(47)57(45)49(10-7-23-66)63-30-36(2)68/h14,19,25-26,28,35-37,39,42-44,46-49,52,54,57,63-64,66-70H,4-13,15-18,20-24,27,29-34,60H2,1-3H3,(H3,61,62,65). The van der Waals surface area contributed by atoms with Crippen LogP contribution in [0.25, 0.3) is 0 Å². The molecule has 12 N–H and O–H groups in total. The van der Waals surface area contributed by atoms with Gasteiger partial charge in [0, 0.05) is 85.5 Å². The number of nitrogens with one attached hydrogen (secondary N) is 3. The molecule has 4 bridgehead atoms. The molecule has 14 atom stereocenters. The van der Waals surface area contributed by atoms with Gasteiger partial charge in [0.2, 0.25) is 0 Å². The highest BCUT2D eigenvalue weighted by Gasteiger charge is 2.53. The van der Waals surface area contributed by atoms with Crippen LogP contribution in [0.2, 0.25) is 0 Å². The predicted octanol–water partition coefficient (Wildman–Crippen LogP) is 9.07. The number of aliphatic imine (C=N–C) groups is 1. The maximum absolute atomic E-state index is 11.8. The first kappa shape index (κ1) is 55.9. The van der Waals surface area contributed by atoms with Crippen molar-refractivity contribution in [1.29, 1.82) is 0 Å². The Morgan fingerprint density at radius 1 is 0.946 bits per heavy atom. The number of aliphatic hydroxyl groups is 4. The number of aromatic hydroxyl groups is 1. The second kappa shape index (κ2) is 25.7. The number of aromatic amines is 1. The second-order valence-corrected chi connectivity index (χ2v) is 26.7. The minimum atomic E-state index is -0.938. The van der Waals surface area contributed by atoms with E-state index in [0.29, 0.717) is 90.9 Å². The monoisotopic (exact) mass is 1060 g/mol. The van der Waals surface area contributed by atoms with Crippen molar-refractivity contribution in [2.45, 2.75) is 185 Å². The Morgan fingerprint density at radius 2 is 1.76 bits per heavy atom. The van der Waals surface area contributed by atoms with Crippen LogP contribution in [0.4, 0.5) is 0 Å². The van der Waals surface area contributed by atoms with Crippen molar-refractivity contribution in [3.63, 3.8) is 0 Å². The number of benzene rings is 1. The first-order chi connectivity index (χ1) is 35.9. The fourth-order valence-electron chi connectivity index (χ4n) is 15.7. The first-order valence-electron chi connectivity index (χ1n) is 28.9. The number of phenolic OH excluding ortho intramolecular Hbond substituents is 1. The molecule has 6 aliphatic rings. The fraction of sp³-hybridized carbons (Fsp3) is 0.746. The number of rotatable bonds is 19. The molecule has 5 fully saturated rings. The van der Waals surface area contributed by atoms with Gasteiger partial charge in [-0.2, -0.15) is 0 Å². The second-order valence-electron chi connectivity index (χ2n) is 24.2. The summed E-state index contributed by atoms with van der Waals surface area (Å²) >= 11 is 0. The van der Waals surface area contributed by atoms with E-state index in [1.54, 1.807) is 13.1 Å². The van der Waals surface area contributed by atoms with E-state index < -0.39 is 12.2 Å². The summed E-state index contributed by atoms with van der Waals surface area (Å²) in [6, 6.07) is 10.3. The van der Waals surface area contributed by atoms with E-state index in [2.05, 4.69) is 33.6 Å². The third kappa shape index (κ3) is 13.0. The molecule has 3 heterocycles. The highest BCUT2D eigenvalue weighted by Crippen LogP contribution is 2.61. The normalized spacial score (nSPS) is 31.4. The number of phenols is 1. The molecule has 1 aliphatic heterocycles. The Balaban J connectivity index is 0.823. The number of guanidine groups is 1. The van der Waals surface area contributed by atoms with E-state index in [9.17, 15) is 25.5 Å². The predicted molar refractivity (Wildman–Crippen MR) is 299 cm³/mol. The number of aryl methyl sites for hydroxylation is 3. The molecule has 13 nitrogen and oxygen atoms in total. The number of ether oxygens (including phenoxy) is 1. The van der Waals surface area contributed by atoms with Crippen molar-refractivity contribution in [1.82, 2.24) is 15.6 Å². The molecule has 412 valence electrons. The van der Waals surface area contributed by atoms with Gasteiger partial charge in [-0.1, -0.05) is 60.3 Å². The minimum Gasteiger partial charge on any atom is -0.504 e. The molecule has 9 rings (SSSR count). The van der Waals surface area contributed by atoms with Gasteiger partial charge >= 0.3 is 0 Å². The van der Waals surface area contributed by atoms with Crippen LogP contribution in [0, 0.1) is 52.8 Å². The third-order valence-corrected chi connectivity index (χ3v) is 22.1. The summed E-state index contributed by atoms with van der Waals surface area (Å²) in [4.78, 5) is 7.93. The van der Waals surface area contributed by atoms with Gasteiger partial charge in [-0.15, -0.1) is 0 Å². The lowest BCUT2D eigenvalue weighted by Gasteiger charge is -2.46. The molecule has 2 aromatic heterocycles. The Hall–Kier alpha value is -2.89. The number of aromatic nitrogens is 1. The zero-order valence-corrected chi connectivity index (χ0v) is 46.5. The molecule has 5 aliphatic carbocycles. The molecular weight excluding hydrogens is 969 g/mol. The van der Waals surface area contributed by atoms with E-state index in [1.807, 2.05) is 46.7 Å². The highest BCUT2D eigenvalue weighted by atomic mass is 33.1. The molecule has 14 unspecified atom stereocenters. The van der Waals surface area contributed by atoms with E-state index in [1.165, 1.54) is 88.3 Å². The van der Waals surface area contributed by atoms with Crippen LogP contribution in [0.1, 0.15) is 168 Å². The van der Waals surface area contributed by atoms with E-state index in [-0.39, 0.29) is 49.0 Å². The molecule has 1 spiro atoms. The Kier molecular flexibility index (Phi) is 19.4. The van der Waals surface area contributed by atoms with Gasteiger partial charge in [0.05, 0.1) is 12.7 Å². The van der Waals surface area contributed by atoms with Gasteiger partial charge in [0.15, 0.2) is 17.5 Å². The van der Waals surface area contributed by atoms with E-state index >= 15 is 0 Å². The highest BCUT2D eigenvalue weighted by molar-refractivity contribution is 8.76. The van der Waals surface area contributed by atoms with Crippen LogP contribution in [-0.4, -0.2) is 99.0 Å². The van der Waals surface area contributed by atoms with Crippen molar-refractivity contribution < 1.29 is 34.7 Å². The summed E-state index contributed by atoms with van der Waals surface area (Å²) < 4.78 is 12.8. The first-order valence-corrected chi connectivity index (χ1v) is 31.4.